The highest BCUT2D eigenvalue weighted by Crippen LogP contribution is 2.27. The molecule has 7 heteroatoms. The highest BCUT2D eigenvalue weighted by Gasteiger charge is 2.30. The summed E-state index contributed by atoms with van der Waals surface area (Å²) in [5.41, 5.74) is 1.74. The third kappa shape index (κ3) is 7.65. The molecule has 0 unspecified atom stereocenters. The Labute approximate surface area is 207 Å². The fraction of sp³-hybridized carbons (Fsp3) is 0.462. The number of ether oxygens (including phenoxy) is 1. The molecule has 0 bridgehead atoms. The molecule has 0 fully saturated rings. The van der Waals surface area contributed by atoms with Crippen molar-refractivity contribution in [1.29, 1.82) is 0 Å². The number of carbonyl (C=O) groups excluding carboxylic acids is 2. The molecule has 0 aliphatic carbocycles. The van der Waals surface area contributed by atoms with E-state index in [1.165, 1.54) is 0 Å². The fourth-order valence-corrected chi connectivity index (χ4v) is 3.97. The normalized spacial score (nSPS) is 12.8. The van der Waals surface area contributed by atoms with Gasteiger partial charge in [-0.15, -0.1) is 0 Å². The van der Waals surface area contributed by atoms with E-state index in [-0.39, 0.29) is 36.9 Å². The predicted octanol–water partition coefficient (Wildman–Crippen LogP) is 6.22. The second-order valence-electron chi connectivity index (χ2n) is 8.48. The van der Waals surface area contributed by atoms with Gasteiger partial charge in [0.15, 0.2) is 6.61 Å². The van der Waals surface area contributed by atoms with E-state index in [0.717, 1.165) is 12.0 Å². The Kier molecular flexibility index (Phi) is 10.5. The number of benzene rings is 2. The van der Waals surface area contributed by atoms with Crippen molar-refractivity contribution in [2.45, 2.75) is 72.0 Å². The van der Waals surface area contributed by atoms with Crippen LogP contribution in [0.1, 0.15) is 64.5 Å². The van der Waals surface area contributed by atoms with Gasteiger partial charge in [-0.3, -0.25) is 9.59 Å². The minimum Gasteiger partial charge on any atom is -0.483 e. The highest BCUT2D eigenvalue weighted by molar-refractivity contribution is 6.35. The van der Waals surface area contributed by atoms with Gasteiger partial charge in [0, 0.05) is 22.6 Å². The summed E-state index contributed by atoms with van der Waals surface area (Å²) < 4.78 is 5.93. The molecule has 0 aromatic heterocycles. The maximum absolute atomic E-state index is 13.4. The molecule has 2 amide bonds. The van der Waals surface area contributed by atoms with E-state index in [0.29, 0.717) is 27.8 Å². The molecule has 2 atom stereocenters. The zero-order valence-corrected chi connectivity index (χ0v) is 21.5. The number of hydrogen-bond acceptors (Lipinski definition) is 3. The Morgan fingerprint density at radius 2 is 1.73 bits per heavy atom. The van der Waals surface area contributed by atoms with Crippen molar-refractivity contribution < 1.29 is 14.3 Å². The van der Waals surface area contributed by atoms with Gasteiger partial charge in [0.25, 0.3) is 5.91 Å². The lowest BCUT2D eigenvalue weighted by molar-refractivity contribution is -0.143. The van der Waals surface area contributed by atoms with Crippen molar-refractivity contribution in [3.05, 3.63) is 63.6 Å². The third-order valence-corrected chi connectivity index (χ3v) is 6.22. The summed E-state index contributed by atoms with van der Waals surface area (Å²) in [5, 5.41) is 3.95. The summed E-state index contributed by atoms with van der Waals surface area (Å²) in [5.74, 6) is 0.450. The quantitative estimate of drug-likeness (QED) is 0.405. The molecular weight excluding hydrogens is 459 g/mol. The van der Waals surface area contributed by atoms with E-state index in [1.807, 2.05) is 45.0 Å². The predicted molar refractivity (Wildman–Crippen MR) is 135 cm³/mol. The van der Waals surface area contributed by atoms with E-state index in [2.05, 4.69) is 19.2 Å². The first-order valence-electron chi connectivity index (χ1n) is 11.4. The van der Waals surface area contributed by atoms with Crippen LogP contribution in [0.15, 0.2) is 42.5 Å². The Balaban J connectivity index is 2.30. The number of halogens is 2. The molecule has 1 N–H and O–H groups in total. The molecule has 0 aliphatic rings. The second-order valence-corrected chi connectivity index (χ2v) is 9.32. The standard InChI is InChI=1S/C26H34Cl2N2O3/c1-6-18(5)29-26(32)23(7-2)30(15-19-12-13-20(27)14-22(19)28)25(31)16-33-24-11-9-8-10-21(24)17(3)4/h8-14,17-18,23H,6-7,15-16H2,1-5H3,(H,29,32)/t18-,23+/m1/s1. The maximum Gasteiger partial charge on any atom is 0.261 e. The molecular formula is C26H34Cl2N2O3. The molecule has 2 aromatic carbocycles. The van der Waals surface area contributed by atoms with Crippen molar-refractivity contribution in [3.63, 3.8) is 0 Å². The van der Waals surface area contributed by atoms with E-state index in [4.69, 9.17) is 27.9 Å². The van der Waals surface area contributed by atoms with Crippen LogP contribution >= 0.6 is 23.2 Å². The summed E-state index contributed by atoms with van der Waals surface area (Å²) in [6.07, 6.45) is 1.26. The first-order valence-corrected chi connectivity index (χ1v) is 12.2. The smallest absolute Gasteiger partial charge is 0.261 e. The minimum atomic E-state index is -0.651. The van der Waals surface area contributed by atoms with Gasteiger partial charge >= 0.3 is 0 Å². The average molecular weight is 493 g/mol. The van der Waals surface area contributed by atoms with Gasteiger partial charge in [0.1, 0.15) is 11.8 Å². The van der Waals surface area contributed by atoms with Gasteiger partial charge in [0.05, 0.1) is 0 Å². The van der Waals surface area contributed by atoms with E-state index in [1.54, 1.807) is 23.1 Å². The van der Waals surface area contributed by atoms with Crippen LogP contribution < -0.4 is 10.1 Å². The monoisotopic (exact) mass is 492 g/mol. The van der Waals surface area contributed by atoms with E-state index >= 15 is 0 Å². The Morgan fingerprint density at radius 3 is 2.33 bits per heavy atom. The zero-order chi connectivity index (χ0) is 24.5. The molecule has 0 aliphatic heterocycles. The van der Waals surface area contributed by atoms with Crippen LogP contribution in [0.4, 0.5) is 0 Å². The fourth-order valence-electron chi connectivity index (χ4n) is 3.51. The molecule has 2 aromatic rings. The van der Waals surface area contributed by atoms with E-state index < -0.39 is 6.04 Å². The SMILES string of the molecule is CC[C@@H](C)NC(=O)[C@H](CC)N(Cc1ccc(Cl)cc1Cl)C(=O)COc1ccccc1C(C)C. The molecule has 2 rings (SSSR count). The van der Waals surface area contributed by atoms with Crippen molar-refractivity contribution in [3.8, 4) is 5.75 Å². The summed E-state index contributed by atoms with van der Waals surface area (Å²) in [6.45, 7) is 9.98. The summed E-state index contributed by atoms with van der Waals surface area (Å²) in [6, 6.07) is 12.2. The number of amides is 2. The molecule has 5 nitrogen and oxygen atoms in total. The van der Waals surface area contributed by atoms with Crippen molar-refractivity contribution in [1.82, 2.24) is 10.2 Å². The number of carbonyl (C=O) groups is 2. The number of nitrogens with one attached hydrogen (secondary N) is 1. The Morgan fingerprint density at radius 1 is 1.03 bits per heavy atom. The van der Waals surface area contributed by atoms with Crippen LogP contribution in [-0.4, -0.2) is 35.4 Å². The summed E-state index contributed by atoms with van der Waals surface area (Å²) in [4.78, 5) is 28.0. The Bertz CT molecular complexity index is 949. The van der Waals surface area contributed by atoms with Crippen LogP contribution in [0.2, 0.25) is 10.0 Å². The van der Waals surface area contributed by atoms with Crippen LogP contribution in [0.25, 0.3) is 0 Å². The lowest BCUT2D eigenvalue weighted by Crippen LogP contribution is -2.51. The topological polar surface area (TPSA) is 58.6 Å². The van der Waals surface area contributed by atoms with Crippen LogP contribution in [-0.2, 0) is 16.1 Å². The van der Waals surface area contributed by atoms with Gasteiger partial charge in [-0.25, -0.2) is 0 Å². The highest BCUT2D eigenvalue weighted by atomic mass is 35.5. The third-order valence-electron chi connectivity index (χ3n) is 5.63. The molecule has 180 valence electrons. The summed E-state index contributed by atoms with van der Waals surface area (Å²) >= 11 is 12.4. The lowest BCUT2D eigenvalue weighted by atomic mass is 10.0. The van der Waals surface area contributed by atoms with Crippen LogP contribution in [0, 0.1) is 0 Å². The molecule has 0 saturated carbocycles. The maximum atomic E-state index is 13.4. The largest absolute Gasteiger partial charge is 0.483 e. The number of nitrogens with zero attached hydrogens (tertiary/aromatic N) is 1. The van der Waals surface area contributed by atoms with Gasteiger partial charge in [-0.05, 0) is 55.0 Å². The average Bonchev–Trinajstić information content (AvgIpc) is 2.78. The van der Waals surface area contributed by atoms with Gasteiger partial charge in [-0.2, -0.15) is 0 Å². The minimum absolute atomic E-state index is 0.0109. The van der Waals surface area contributed by atoms with Crippen molar-refractivity contribution >= 4 is 35.0 Å². The van der Waals surface area contributed by atoms with Gasteiger partial charge < -0.3 is 15.0 Å². The molecule has 0 spiro atoms. The number of para-hydroxylation sites is 1. The molecule has 33 heavy (non-hydrogen) atoms. The summed E-state index contributed by atoms with van der Waals surface area (Å²) in [7, 11) is 0. The first-order chi connectivity index (χ1) is 15.7. The first kappa shape index (κ1) is 27.0. The molecule has 0 saturated heterocycles. The van der Waals surface area contributed by atoms with E-state index in [9.17, 15) is 9.59 Å². The van der Waals surface area contributed by atoms with Crippen molar-refractivity contribution in [2.75, 3.05) is 6.61 Å². The number of rotatable bonds is 11. The van der Waals surface area contributed by atoms with Crippen molar-refractivity contribution in [2.24, 2.45) is 0 Å². The Hall–Kier alpha value is -2.24. The number of hydrogen-bond donors (Lipinski definition) is 1. The molecule has 0 heterocycles. The van der Waals surface area contributed by atoms with Gasteiger partial charge in [-0.1, -0.05) is 75.2 Å². The zero-order valence-electron chi connectivity index (χ0n) is 20.0. The lowest BCUT2D eigenvalue weighted by Gasteiger charge is -2.31. The van der Waals surface area contributed by atoms with Crippen LogP contribution in [0.3, 0.4) is 0 Å². The van der Waals surface area contributed by atoms with Gasteiger partial charge in [0.2, 0.25) is 5.91 Å². The van der Waals surface area contributed by atoms with Crippen LogP contribution in [0.5, 0.6) is 5.75 Å². The molecule has 0 radical (unpaired) electrons. The second kappa shape index (κ2) is 12.9.